The summed E-state index contributed by atoms with van der Waals surface area (Å²) in [6, 6.07) is 0.659. The molecular formula is C10H19N. The summed E-state index contributed by atoms with van der Waals surface area (Å²) in [4.78, 5) is 2.43. The van der Waals surface area contributed by atoms with Gasteiger partial charge >= 0.3 is 0 Å². The molecule has 1 rings (SSSR count). The highest BCUT2D eigenvalue weighted by Gasteiger charge is 2.11. The fourth-order valence-corrected chi connectivity index (χ4v) is 1.49. The highest BCUT2D eigenvalue weighted by atomic mass is 15.1. The zero-order valence-electron chi connectivity index (χ0n) is 7.88. The topological polar surface area (TPSA) is 3.24 Å². The molecule has 0 spiro atoms. The molecule has 0 aromatic carbocycles. The van der Waals surface area contributed by atoms with Crippen molar-refractivity contribution in [3.05, 3.63) is 12.3 Å². The minimum absolute atomic E-state index is 0.659. The van der Waals surface area contributed by atoms with Gasteiger partial charge in [0.15, 0.2) is 0 Å². The summed E-state index contributed by atoms with van der Waals surface area (Å²) in [5.74, 6) is 0.854. The van der Waals surface area contributed by atoms with Gasteiger partial charge in [0.05, 0.1) is 0 Å². The van der Waals surface area contributed by atoms with E-state index in [4.69, 9.17) is 0 Å². The van der Waals surface area contributed by atoms with Gasteiger partial charge in [-0.15, -0.1) is 0 Å². The van der Waals surface area contributed by atoms with Crippen molar-refractivity contribution in [2.75, 3.05) is 6.54 Å². The van der Waals surface area contributed by atoms with Crippen molar-refractivity contribution in [2.24, 2.45) is 5.92 Å². The normalized spacial score (nSPS) is 25.8. The van der Waals surface area contributed by atoms with Gasteiger partial charge in [0.2, 0.25) is 0 Å². The van der Waals surface area contributed by atoms with Crippen LogP contribution in [0.3, 0.4) is 0 Å². The average Bonchev–Trinajstić information content (AvgIpc) is 2.13. The van der Waals surface area contributed by atoms with Crippen LogP contribution < -0.4 is 0 Å². The van der Waals surface area contributed by atoms with Crippen LogP contribution in [0.5, 0.6) is 0 Å². The molecule has 1 nitrogen and oxygen atoms in total. The van der Waals surface area contributed by atoms with E-state index in [9.17, 15) is 0 Å². The van der Waals surface area contributed by atoms with Crippen LogP contribution in [0.4, 0.5) is 0 Å². The molecule has 1 aliphatic rings. The standard InChI is InChI=1S/C10H19N/c1-9(2)11-7-5-4-6-10(3)8-11/h5,7,9-10H,4,6,8H2,1-3H3. The van der Waals surface area contributed by atoms with Gasteiger partial charge < -0.3 is 4.90 Å². The third kappa shape index (κ3) is 2.57. The number of rotatable bonds is 1. The molecule has 0 aromatic heterocycles. The average molecular weight is 153 g/mol. The molecule has 11 heavy (non-hydrogen) atoms. The maximum atomic E-state index is 2.43. The predicted octanol–water partition coefficient (Wildman–Crippen LogP) is 2.64. The van der Waals surface area contributed by atoms with E-state index in [1.165, 1.54) is 19.4 Å². The number of hydrogen-bond acceptors (Lipinski definition) is 1. The van der Waals surface area contributed by atoms with E-state index in [2.05, 4.69) is 37.9 Å². The molecule has 0 saturated heterocycles. The van der Waals surface area contributed by atoms with Crippen LogP contribution in [-0.4, -0.2) is 17.5 Å². The molecule has 64 valence electrons. The van der Waals surface area contributed by atoms with Crippen molar-refractivity contribution in [3.8, 4) is 0 Å². The van der Waals surface area contributed by atoms with E-state index in [0.29, 0.717) is 6.04 Å². The van der Waals surface area contributed by atoms with Gasteiger partial charge in [-0.05, 0) is 38.8 Å². The minimum atomic E-state index is 0.659. The minimum Gasteiger partial charge on any atom is -0.375 e. The maximum Gasteiger partial charge on any atom is 0.0227 e. The molecule has 0 amide bonds. The van der Waals surface area contributed by atoms with E-state index >= 15 is 0 Å². The van der Waals surface area contributed by atoms with Crippen LogP contribution in [0.25, 0.3) is 0 Å². The lowest BCUT2D eigenvalue weighted by Gasteiger charge is -2.26. The maximum absolute atomic E-state index is 2.43. The quantitative estimate of drug-likeness (QED) is 0.560. The summed E-state index contributed by atoms with van der Waals surface area (Å²) >= 11 is 0. The second-order valence-electron chi connectivity index (χ2n) is 3.86. The van der Waals surface area contributed by atoms with Gasteiger partial charge in [-0.2, -0.15) is 0 Å². The Balaban J connectivity index is 2.50. The zero-order valence-corrected chi connectivity index (χ0v) is 7.88. The third-order valence-electron chi connectivity index (χ3n) is 2.31. The number of allylic oxidation sites excluding steroid dienone is 1. The van der Waals surface area contributed by atoms with Crippen LogP contribution in [0.15, 0.2) is 12.3 Å². The molecule has 0 fully saturated rings. The molecule has 1 aliphatic heterocycles. The van der Waals surface area contributed by atoms with Crippen LogP contribution in [-0.2, 0) is 0 Å². The van der Waals surface area contributed by atoms with Gasteiger partial charge in [-0.3, -0.25) is 0 Å². The summed E-state index contributed by atoms with van der Waals surface area (Å²) in [5, 5.41) is 0. The Morgan fingerprint density at radius 1 is 1.45 bits per heavy atom. The van der Waals surface area contributed by atoms with Crippen molar-refractivity contribution in [2.45, 2.75) is 39.7 Å². The van der Waals surface area contributed by atoms with Crippen molar-refractivity contribution < 1.29 is 0 Å². The fraction of sp³-hybridized carbons (Fsp3) is 0.800. The fourth-order valence-electron chi connectivity index (χ4n) is 1.49. The summed E-state index contributed by atoms with van der Waals surface area (Å²) < 4.78 is 0. The highest BCUT2D eigenvalue weighted by Crippen LogP contribution is 2.15. The molecule has 0 N–H and O–H groups in total. The van der Waals surface area contributed by atoms with Gasteiger partial charge in [-0.25, -0.2) is 0 Å². The number of hydrogen-bond donors (Lipinski definition) is 0. The molecular weight excluding hydrogens is 134 g/mol. The lowest BCUT2D eigenvalue weighted by molar-refractivity contribution is 0.271. The van der Waals surface area contributed by atoms with Crippen LogP contribution in [0, 0.1) is 5.92 Å². The SMILES string of the molecule is CC1CCC=CN(C(C)C)C1. The Morgan fingerprint density at radius 3 is 2.82 bits per heavy atom. The molecule has 0 aromatic rings. The molecule has 0 saturated carbocycles. The second-order valence-corrected chi connectivity index (χ2v) is 3.86. The van der Waals surface area contributed by atoms with E-state index in [0.717, 1.165) is 5.92 Å². The highest BCUT2D eigenvalue weighted by molar-refractivity contribution is 4.88. The van der Waals surface area contributed by atoms with Crippen molar-refractivity contribution >= 4 is 0 Å². The van der Waals surface area contributed by atoms with Crippen molar-refractivity contribution in [1.82, 2.24) is 4.90 Å². The van der Waals surface area contributed by atoms with Gasteiger partial charge in [-0.1, -0.05) is 13.0 Å². The first-order valence-electron chi connectivity index (χ1n) is 4.62. The lowest BCUT2D eigenvalue weighted by Crippen LogP contribution is -2.28. The summed E-state index contributed by atoms with van der Waals surface area (Å²) in [6.07, 6.45) is 7.15. The molecule has 1 unspecified atom stereocenters. The Bertz CT molecular complexity index is 138. The molecule has 0 radical (unpaired) electrons. The Kier molecular flexibility index (Phi) is 2.98. The lowest BCUT2D eigenvalue weighted by atomic mass is 10.1. The second kappa shape index (κ2) is 3.80. The largest absolute Gasteiger partial charge is 0.375 e. The summed E-state index contributed by atoms with van der Waals surface area (Å²) in [7, 11) is 0. The van der Waals surface area contributed by atoms with Crippen LogP contribution in [0.1, 0.15) is 33.6 Å². The predicted molar refractivity (Wildman–Crippen MR) is 49.4 cm³/mol. The molecule has 1 atom stereocenters. The Hall–Kier alpha value is -0.460. The van der Waals surface area contributed by atoms with Gasteiger partial charge in [0.25, 0.3) is 0 Å². The summed E-state index contributed by atoms with van der Waals surface area (Å²) in [5.41, 5.74) is 0. The van der Waals surface area contributed by atoms with Crippen molar-refractivity contribution in [3.63, 3.8) is 0 Å². The van der Waals surface area contributed by atoms with Gasteiger partial charge in [0, 0.05) is 12.6 Å². The molecule has 0 aliphatic carbocycles. The van der Waals surface area contributed by atoms with Crippen LogP contribution in [0.2, 0.25) is 0 Å². The van der Waals surface area contributed by atoms with E-state index in [-0.39, 0.29) is 0 Å². The first kappa shape index (κ1) is 8.63. The number of nitrogens with zero attached hydrogens (tertiary/aromatic N) is 1. The Morgan fingerprint density at radius 2 is 2.18 bits per heavy atom. The smallest absolute Gasteiger partial charge is 0.0227 e. The molecule has 1 heterocycles. The van der Waals surface area contributed by atoms with Crippen molar-refractivity contribution in [1.29, 1.82) is 0 Å². The van der Waals surface area contributed by atoms with Crippen LogP contribution >= 0.6 is 0 Å². The Labute approximate surface area is 70.1 Å². The zero-order chi connectivity index (χ0) is 8.27. The molecule has 0 bridgehead atoms. The molecule has 1 heteroatoms. The van der Waals surface area contributed by atoms with Gasteiger partial charge in [0.1, 0.15) is 0 Å². The van der Waals surface area contributed by atoms with E-state index in [1.54, 1.807) is 0 Å². The van der Waals surface area contributed by atoms with E-state index < -0.39 is 0 Å². The van der Waals surface area contributed by atoms with E-state index in [1.807, 2.05) is 0 Å². The third-order valence-corrected chi connectivity index (χ3v) is 2.31. The summed E-state index contributed by atoms with van der Waals surface area (Å²) in [6.45, 7) is 8.07. The monoisotopic (exact) mass is 153 g/mol. The first-order valence-corrected chi connectivity index (χ1v) is 4.62. The first-order chi connectivity index (χ1) is 5.20.